The van der Waals surface area contributed by atoms with Crippen molar-refractivity contribution in [1.82, 2.24) is 0 Å². The second kappa shape index (κ2) is 9.71. The maximum atomic E-state index is 11.2. The summed E-state index contributed by atoms with van der Waals surface area (Å²) in [5, 5.41) is 0. The molecular weight excluding hydrogens is 324 g/mol. The van der Waals surface area contributed by atoms with E-state index in [0.717, 1.165) is 11.1 Å². The van der Waals surface area contributed by atoms with Gasteiger partial charge in [0.1, 0.15) is 31.3 Å². The normalized spacial score (nSPS) is 10.0. The molecule has 0 unspecified atom stereocenters. The predicted molar refractivity (Wildman–Crippen MR) is 93.6 cm³/mol. The third kappa shape index (κ3) is 6.49. The zero-order chi connectivity index (χ0) is 19.0. The van der Waals surface area contributed by atoms with Crippen LogP contribution in [0.5, 0.6) is 11.5 Å². The topological polar surface area (TPSA) is 71.1 Å². The Hall–Kier alpha value is -2.50. The Morgan fingerprint density at radius 1 is 1.04 bits per heavy atom. The maximum absolute atomic E-state index is 11.2. The Labute approximate surface area is 148 Å². The van der Waals surface area contributed by atoms with Crippen molar-refractivity contribution in [1.29, 1.82) is 0 Å². The molecule has 0 fully saturated rings. The van der Waals surface area contributed by atoms with E-state index in [1.54, 1.807) is 6.07 Å². The average Bonchev–Trinajstić information content (AvgIpc) is 2.52. The molecule has 1 rings (SSSR count). The molecule has 1 aromatic carbocycles. The summed E-state index contributed by atoms with van der Waals surface area (Å²) in [4.78, 5) is 22.3. The maximum Gasteiger partial charge on any atom is 0.302 e. The van der Waals surface area contributed by atoms with Gasteiger partial charge in [-0.15, -0.1) is 0 Å². The van der Waals surface area contributed by atoms with Crippen LogP contribution in [-0.4, -0.2) is 25.7 Å². The van der Waals surface area contributed by atoms with Crippen LogP contribution in [0.4, 0.5) is 0 Å². The Balaban J connectivity index is 3.26. The minimum absolute atomic E-state index is 0.0319. The summed E-state index contributed by atoms with van der Waals surface area (Å²) >= 11 is 0. The van der Waals surface area contributed by atoms with E-state index in [0.29, 0.717) is 29.2 Å². The molecule has 1 aromatic rings. The van der Waals surface area contributed by atoms with Gasteiger partial charge in [-0.25, -0.2) is 0 Å². The Kier molecular flexibility index (Phi) is 7.98. The summed E-state index contributed by atoms with van der Waals surface area (Å²) in [6.45, 7) is 9.01. The fourth-order valence-corrected chi connectivity index (χ4v) is 2.20. The third-order valence-electron chi connectivity index (χ3n) is 3.46. The van der Waals surface area contributed by atoms with Gasteiger partial charge >= 0.3 is 11.9 Å². The van der Waals surface area contributed by atoms with E-state index in [9.17, 15) is 9.59 Å². The van der Waals surface area contributed by atoms with Crippen molar-refractivity contribution in [2.24, 2.45) is 0 Å². The van der Waals surface area contributed by atoms with Gasteiger partial charge in [-0.2, -0.15) is 0 Å². The Morgan fingerprint density at radius 2 is 1.64 bits per heavy atom. The molecule has 0 aromatic heterocycles. The molecule has 0 saturated heterocycles. The van der Waals surface area contributed by atoms with Crippen LogP contribution in [0.25, 0.3) is 0 Å². The highest BCUT2D eigenvalue weighted by Gasteiger charge is 2.19. The smallest absolute Gasteiger partial charge is 0.302 e. The lowest BCUT2D eigenvalue weighted by atomic mass is 10.0. The van der Waals surface area contributed by atoms with Crippen LogP contribution in [0.3, 0.4) is 0 Å². The van der Waals surface area contributed by atoms with Crippen LogP contribution < -0.4 is 9.47 Å². The first-order valence-corrected chi connectivity index (χ1v) is 7.98. The van der Waals surface area contributed by atoms with E-state index >= 15 is 0 Å². The van der Waals surface area contributed by atoms with E-state index in [-0.39, 0.29) is 13.2 Å². The van der Waals surface area contributed by atoms with Crippen molar-refractivity contribution in [3.63, 3.8) is 0 Å². The van der Waals surface area contributed by atoms with E-state index in [1.807, 2.05) is 26.8 Å². The van der Waals surface area contributed by atoms with E-state index in [1.165, 1.54) is 21.0 Å². The number of esters is 2. The molecule has 0 radical (unpaired) electrons. The fourth-order valence-electron chi connectivity index (χ4n) is 2.20. The highest BCUT2D eigenvalue weighted by atomic mass is 16.5. The Bertz CT molecular complexity index is 656. The van der Waals surface area contributed by atoms with E-state index < -0.39 is 11.9 Å². The summed E-state index contributed by atoms with van der Waals surface area (Å²) < 4.78 is 21.5. The monoisotopic (exact) mass is 350 g/mol. The first-order chi connectivity index (χ1) is 11.8. The molecule has 0 heterocycles. The summed E-state index contributed by atoms with van der Waals surface area (Å²) in [5.74, 6) is 0.383. The molecule has 138 valence electrons. The molecule has 0 atom stereocenters. The van der Waals surface area contributed by atoms with Gasteiger partial charge in [0.25, 0.3) is 0 Å². The highest BCUT2D eigenvalue weighted by Crippen LogP contribution is 2.35. The largest absolute Gasteiger partial charge is 0.496 e. The second-order valence-electron chi connectivity index (χ2n) is 5.82. The quantitative estimate of drug-likeness (QED) is 0.528. The molecule has 25 heavy (non-hydrogen) atoms. The molecule has 0 bridgehead atoms. The van der Waals surface area contributed by atoms with Crippen molar-refractivity contribution in [3.05, 3.63) is 34.4 Å². The van der Waals surface area contributed by atoms with E-state index in [4.69, 9.17) is 18.9 Å². The zero-order valence-electron chi connectivity index (χ0n) is 15.7. The first-order valence-electron chi connectivity index (χ1n) is 7.98. The molecule has 0 saturated carbocycles. The van der Waals surface area contributed by atoms with Gasteiger partial charge in [0.15, 0.2) is 0 Å². The second-order valence-corrected chi connectivity index (χ2v) is 5.82. The third-order valence-corrected chi connectivity index (χ3v) is 3.46. The minimum Gasteiger partial charge on any atom is -0.496 e. The summed E-state index contributed by atoms with van der Waals surface area (Å²) in [5.41, 5.74) is 3.27. The molecular formula is C19H26O6. The zero-order valence-corrected chi connectivity index (χ0v) is 15.7. The molecule has 0 N–H and O–H groups in total. The number of ether oxygens (including phenoxy) is 4. The van der Waals surface area contributed by atoms with Crippen molar-refractivity contribution in [2.45, 2.75) is 47.8 Å². The van der Waals surface area contributed by atoms with Gasteiger partial charge < -0.3 is 18.9 Å². The number of carbonyl (C=O) groups is 2. The van der Waals surface area contributed by atoms with Crippen molar-refractivity contribution >= 4 is 11.9 Å². The van der Waals surface area contributed by atoms with Gasteiger partial charge in [0.2, 0.25) is 0 Å². The first kappa shape index (κ1) is 20.5. The lowest BCUT2D eigenvalue weighted by Gasteiger charge is -2.19. The van der Waals surface area contributed by atoms with Gasteiger partial charge in [-0.05, 0) is 32.9 Å². The summed E-state index contributed by atoms with van der Waals surface area (Å²) in [7, 11) is 1.54. The van der Waals surface area contributed by atoms with Crippen molar-refractivity contribution in [3.8, 4) is 11.5 Å². The molecule has 0 aliphatic carbocycles. The number of benzene rings is 1. The lowest BCUT2D eigenvalue weighted by Crippen LogP contribution is -2.10. The van der Waals surface area contributed by atoms with Crippen LogP contribution in [0.2, 0.25) is 0 Å². The lowest BCUT2D eigenvalue weighted by molar-refractivity contribution is -0.144. The van der Waals surface area contributed by atoms with Crippen LogP contribution >= 0.6 is 0 Å². The van der Waals surface area contributed by atoms with Crippen LogP contribution in [-0.2, 0) is 32.3 Å². The van der Waals surface area contributed by atoms with Crippen molar-refractivity contribution in [2.75, 3.05) is 13.7 Å². The van der Waals surface area contributed by atoms with Crippen LogP contribution in [0.1, 0.15) is 44.4 Å². The van der Waals surface area contributed by atoms with Gasteiger partial charge in [-0.3, -0.25) is 9.59 Å². The standard InChI is InChI=1S/C19H26O6/c1-12(2)7-8-23-18-9-16(10-24-14(4)20)17(11-25-15(5)21)19(22-6)13(18)3/h7,9H,8,10-11H2,1-6H3. The number of hydrogen-bond acceptors (Lipinski definition) is 6. The number of rotatable bonds is 8. The molecule has 0 spiro atoms. The summed E-state index contributed by atoms with van der Waals surface area (Å²) in [6, 6.07) is 1.79. The number of allylic oxidation sites excluding steroid dienone is 1. The van der Waals surface area contributed by atoms with Gasteiger partial charge in [-0.1, -0.05) is 5.57 Å². The van der Waals surface area contributed by atoms with Gasteiger partial charge in [0, 0.05) is 30.5 Å². The molecule has 0 aliphatic heterocycles. The molecule has 0 amide bonds. The number of methoxy groups -OCH3 is 1. The van der Waals surface area contributed by atoms with E-state index in [2.05, 4.69) is 0 Å². The minimum atomic E-state index is -0.401. The SMILES string of the molecule is COc1c(C)c(OCC=C(C)C)cc(COC(C)=O)c1COC(C)=O. The molecule has 6 heteroatoms. The molecule has 0 aliphatic rings. The van der Waals surface area contributed by atoms with Crippen LogP contribution in [0, 0.1) is 6.92 Å². The number of carbonyl (C=O) groups excluding carboxylic acids is 2. The highest BCUT2D eigenvalue weighted by molar-refractivity contribution is 5.67. The fraction of sp³-hybridized carbons (Fsp3) is 0.474. The summed E-state index contributed by atoms with van der Waals surface area (Å²) in [6.07, 6.45) is 1.96. The predicted octanol–water partition coefficient (Wildman–Crippen LogP) is 3.47. The van der Waals surface area contributed by atoms with Gasteiger partial charge in [0.05, 0.1) is 7.11 Å². The molecule has 6 nitrogen and oxygen atoms in total. The average molecular weight is 350 g/mol. The Morgan fingerprint density at radius 3 is 2.16 bits per heavy atom. The number of hydrogen-bond donors (Lipinski definition) is 0. The van der Waals surface area contributed by atoms with Crippen LogP contribution in [0.15, 0.2) is 17.7 Å². The van der Waals surface area contributed by atoms with Crippen molar-refractivity contribution < 1.29 is 28.5 Å².